The molecule has 1 aliphatic heterocycles. The first-order valence-corrected chi connectivity index (χ1v) is 13.7. The Morgan fingerprint density at radius 3 is 2.21 bits per heavy atom. The third kappa shape index (κ3) is 11.5. The fourth-order valence-electron chi connectivity index (χ4n) is 4.15. The van der Waals surface area contributed by atoms with Crippen molar-refractivity contribution in [1.82, 2.24) is 10.6 Å². The van der Waals surface area contributed by atoms with Crippen LogP contribution in [-0.4, -0.2) is 47.7 Å². The second-order valence-electron chi connectivity index (χ2n) is 9.32. The minimum Gasteiger partial charge on any atom is -0.481 e. The molecule has 2 aromatic carbocycles. The van der Waals surface area contributed by atoms with Crippen LogP contribution in [0, 0.1) is 0 Å². The van der Waals surface area contributed by atoms with E-state index in [0.717, 1.165) is 55.2 Å². The van der Waals surface area contributed by atoms with E-state index < -0.39 is 11.9 Å². The van der Waals surface area contributed by atoms with Gasteiger partial charge in [-0.1, -0.05) is 62.4 Å². The molecule has 1 heterocycles. The summed E-state index contributed by atoms with van der Waals surface area (Å²) in [4.78, 5) is 31.6. The van der Waals surface area contributed by atoms with Gasteiger partial charge in [-0.25, -0.2) is 0 Å². The second-order valence-corrected chi connectivity index (χ2v) is 9.73. The number of nitrogens with one attached hydrogen (secondary N) is 3. The Hall–Kier alpha value is -3.10. The van der Waals surface area contributed by atoms with Crippen molar-refractivity contribution in [2.75, 3.05) is 25.0 Å². The molecule has 8 nitrogen and oxygen atoms in total. The molecule has 0 aromatic heterocycles. The summed E-state index contributed by atoms with van der Waals surface area (Å²) >= 11 is 6.50. The molecule has 5 N–H and O–H groups in total. The van der Waals surface area contributed by atoms with Crippen LogP contribution in [0.25, 0.3) is 0 Å². The van der Waals surface area contributed by atoms with Gasteiger partial charge in [-0.15, -0.1) is 0 Å². The molecular formula is C29H40ClN3O5. The number of benzene rings is 2. The van der Waals surface area contributed by atoms with E-state index in [2.05, 4.69) is 28.9 Å². The molecule has 0 saturated heterocycles. The van der Waals surface area contributed by atoms with Crippen molar-refractivity contribution >= 4 is 35.1 Å². The van der Waals surface area contributed by atoms with Gasteiger partial charge in [0.15, 0.2) is 0 Å². The van der Waals surface area contributed by atoms with E-state index in [0.29, 0.717) is 12.1 Å². The van der Waals surface area contributed by atoms with E-state index in [1.807, 2.05) is 30.3 Å². The molecule has 9 heteroatoms. The first-order chi connectivity index (χ1) is 18.3. The van der Waals surface area contributed by atoms with E-state index in [1.54, 1.807) is 0 Å². The van der Waals surface area contributed by atoms with Crippen LogP contribution in [0.15, 0.2) is 36.4 Å². The average Bonchev–Trinajstić information content (AvgIpc) is 3.15. The highest BCUT2D eigenvalue weighted by Gasteiger charge is 2.14. The molecule has 3 rings (SSSR count). The van der Waals surface area contributed by atoms with Crippen LogP contribution in [0.5, 0.6) is 0 Å². The van der Waals surface area contributed by atoms with Crippen molar-refractivity contribution in [3.8, 4) is 0 Å². The summed E-state index contributed by atoms with van der Waals surface area (Å²) in [6, 6.07) is 12.0. The number of hydrogen-bond donors (Lipinski definition) is 5. The predicted molar refractivity (Wildman–Crippen MR) is 151 cm³/mol. The summed E-state index contributed by atoms with van der Waals surface area (Å²) in [6.45, 7) is 5.63. The van der Waals surface area contributed by atoms with Crippen molar-refractivity contribution in [3.05, 3.63) is 63.7 Å². The molecule has 0 atom stereocenters. The Kier molecular flexibility index (Phi) is 14.3. The van der Waals surface area contributed by atoms with E-state index >= 15 is 0 Å². The maximum atomic E-state index is 12.3. The minimum absolute atomic E-state index is 0.00826. The molecule has 208 valence electrons. The van der Waals surface area contributed by atoms with Gasteiger partial charge in [-0.2, -0.15) is 0 Å². The Morgan fingerprint density at radius 1 is 0.895 bits per heavy atom. The second kappa shape index (κ2) is 17.4. The summed E-state index contributed by atoms with van der Waals surface area (Å²) in [5, 5.41) is 26.6. The summed E-state index contributed by atoms with van der Waals surface area (Å²) in [7, 11) is 0. The summed E-state index contributed by atoms with van der Waals surface area (Å²) < 4.78 is 0. The quantitative estimate of drug-likeness (QED) is 0.217. The molecule has 0 radical (unpaired) electrons. The first kappa shape index (κ1) is 31.1. The van der Waals surface area contributed by atoms with Crippen molar-refractivity contribution in [3.63, 3.8) is 0 Å². The van der Waals surface area contributed by atoms with Gasteiger partial charge in [-0.05, 0) is 67.2 Å². The number of fused-ring (bicyclic) bond motifs is 1. The fraction of sp³-hybridized carbons (Fsp3) is 0.483. The number of anilines is 1. The lowest BCUT2D eigenvalue weighted by Crippen LogP contribution is -2.24. The van der Waals surface area contributed by atoms with Crippen LogP contribution in [-0.2, 0) is 29.0 Å². The highest BCUT2D eigenvalue weighted by atomic mass is 35.5. The van der Waals surface area contributed by atoms with Crippen LogP contribution in [0.3, 0.4) is 0 Å². The molecule has 0 spiro atoms. The normalized spacial score (nSPS) is 12.4. The zero-order chi connectivity index (χ0) is 27.8. The summed E-state index contributed by atoms with van der Waals surface area (Å²) in [5.41, 5.74) is 5.58. The van der Waals surface area contributed by atoms with E-state index in [9.17, 15) is 14.4 Å². The molecule has 0 bridgehead atoms. The molecule has 0 unspecified atom stereocenters. The highest BCUT2D eigenvalue weighted by molar-refractivity contribution is 6.33. The number of aliphatic carboxylic acids is 2. The number of rotatable bonds is 13. The molecular weight excluding hydrogens is 506 g/mol. The molecule has 0 saturated carbocycles. The lowest BCUT2D eigenvalue weighted by molar-refractivity contribution is -0.143. The van der Waals surface area contributed by atoms with Crippen molar-refractivity contribution < 1.29 is 24.6 Å². The molecule has 2 aromatic rings. The van der Waals surface area contributed by atoms with Crippen LogP contribution in [0.1, 0.15) is 78.9 Å². The van der Waals surface area contributed by atoms with Gasteiger partial charge in [0.25, 0.3) is 5.91 Å². The fourth-order valence-corrected chi connectivity index (χ4v) is 4.39. The van der Waals surface area contributed by atoms with E-state index in [1.165, 1.54) is 36.8 Å². The Balaban J connectivity index is 0.000000550. The summed E-state index contributed by atoms with van der Waals surface area (Å²) in [5.74, 6) is -2.14. The van der Waals surface area contributed by atoms with E-state index in [4.69, 9.17) is 21.8 Å². The van der Waals surface area contributed by atoms with Crippen molar-refractivity contribution in [2.45, 2.75) is 71.3 Å². The molecule has 38 heavy (non-hydrogen) atoms. The number of carboxylic acids is 2. The monoisotopic (exact) mass is 545 g/mol. The number of carbonyl (C=O) groups excluding carboxylic acids is 1. The number of unbranched alkanes of at least 4 members (excludes halogenated alkanes) is 4. The topological polar surface area (TPSA) is 128 Å². The van der Waals surface area contributed by atoms with E-state index in [-0.39, 0.29) is 18.7 Å². The van der Waals surface area contributed by atoms with Gasteiger partial charge in [0.1, 0.15) is 0 Å². The number of halogens is 1. The molecule has 0 aliphatic carbocycles. The van der Waals surface area contributed by atoms with Crippen LogP contribution < -0.4 is 16.0 Å². The lowest BCUT2D eigenvalue weighted by Gasteiger charge is -2.16. The Bertz CT molecular complexity index is 1030. The van der Waals surface area contributed by atoms with Crippen LogP contribution in [0.2, 0.25) is 5.02 Å². The van der Waals surface area contributed by atoms with Crippen molar-refractivity contribution in [1.29, 1.82) is 0 Å². The zero-order valence-electron chi connectivity index (χ0n) is 22.2. The Morgan fingerprint density at radius 2 is 1.55 bits per heavy atom. The average molecular weight is 546 g/mol. The lowest BCUT2D eigenvalue weighted by atomic mass is 10.0. The van der Waals surface area contributed by atoms with Crippen LogP contribution >= 0.6 is 11.6 Å². The number of carbonyl (C=O) groups is 3. The Labute approximate surface area is 230 Å². The van der Waals surface area contributed by atoms with Gasteiger partial charge in [-0.3, -0.25) is 14.4 Å². The molecule has 0 fully saturated rings. The molecule has 1 amide bonds. The minimum atomic E-state index is -1.08. The highest BCUT2D eigenvalue weighted by Crippen LogP contribution is 2.31. The van der Waals surface area contributed by atoms with Gasteiger partial charge in [0.05, 0.1) is 23.6 Å². The first-order valence-electron chi connectivity index (χ1n) is 13.4. The summed E-state index contributed by atoms with van der Waals surface area (Å²) in [6.07, 6.45) is 7.41. The predicted octanol–water partition coefficient (Wildman–Crippen LogP) is 5.28. The van der Waals surface area contributed by atoms with Gasteiger partial charge in [0.2, 0.25) is 0 Å². The van der Waals surface area contributed by atoms with Gasteiger partial charge >= 0.3 is 11.9 Å². The van der Waals surface area contributed by atoms with Crippen LogP contribution in [0.4, 0.5) is 5.69 Å². The number of amides is 1. The van der Waals surface area contributed by atoms with Gasteiger partial charge < -0.3 is 26.2 Å². The maximum Gasteiger partial charge on any atom is 0.303 e. The smallest absolute Gasteiger partial charge is 0.303 e. The van der Waals surface area contributed by atoms with Crippen molar-refractivity contribution in [2.24, 2.45) is 0 Å². The largest absolute Gasteiger partial charge is 0.481 e. The maximum absolute atomic E-state index is 12.3. The third-order valence-electron chi connectivity index (χ3n) is 6.29. The zero-order valence-corrected chi connectivity index (χ0v) is 22.9. The SMILES string of the molecule is CCCCCCCNC(=O)c1ccc(CNc2c(Cl)ccc3c2CCNCC3)cc1.O=C(O)CCC(=O)O. The van der Waals surface area contributed by atoms with Gasteiger partial charge in [0, 0.05) is 18.7 Å². The third-order valence-corrected chi connectivity index (χ3v) is 6.60. The number of carboxylic acid groups (broad SMARTS) is 2. The standard InChI is InChI=1S/C25H34ClN3O.C4H6O4/c1-2-3-4-5-6-15-28-25(30)21-9-7-19(8-10-21)18-29-24-22-14-17-27-16-13-20(22)11-12-23(24)26;5-3(6)1-2-4(7)8/h7-12,27,29H,2-6,13-18H2,1H3,(H,28,30);1-2H2,(H,5,6)(H,7,8). The molecule has 1 aliphatic rings. The number of hydrogen-bond acceptors (Lipinski definition) is 5.